The molecule has 1 amide bonds. The van der Waals surface area contributed by atoms with Gasteiger partial charge in [-0.3, -0.25) is 14.9 Å². The number of benzene rings is 2. The van der Waals surface area contributed by atoms with Crippen LogP contribution in [0.2, 0.25) is 0 Å². The highest BCUT2D eigenvalue weighted by atomic mass is 32.1. The Kier molecular flexibility index (Phi) is 8.95. The highest BCUT2D eigenvalue weighted by Crippen LogP contribution is 2.34. The lowest BCUT2D eigenvalue weighted by Gasteiger charge is -2.36. The highest BCUT2D eigenvalue weighted by Gasteiger charge is 2.29. The minimum atomic E-state index is -0.305. The van der Waals surface area contributed by atoms with Crippen LogP contribution in [-0.2, 0) is 6.54 Å². The normalized spacial score (nSPS) is 17.4. The first-order valence-corrected chi connectivity index (χ1v) is 13.9. The van der Waals surface area contributed by atoms with Gasteiger partial charge in [-0.2, -0.15) is 0 Å². The van der Waals surface area contributed by atoms with Gasteiger partial charge in [0.05, 0.1) is 9.80 Å². The summed E-state index contributed by atoms with van der Waals surface area (Å²) in [6.45, 7) is 3.37. The topological polar surface area (TPSA) is 92.7 Å². The maximum atomic E-state index is 13.5. The number of carbonyl (C=O) groups is 1. The lowest BCUT2D eigenvalue weighted by molar-refractivity contribution is -0.384. The predicted octanol–water partition coefficient (Wildman–Crippen LogP) is 6.47. The summed E-state index contributed by atoms with van der Waals surface area (Å²) in [5, 5.41) is 13.8. The molecule has 0 aliphatic heterocycles. The van der Waals surface area contributed by atoms with Crippen molar-refractivity contribution < 1.29 is 9.72 Å². The van der Waals surface area contributed by atoms with Crippen molar-refractivity contribution in [2.75, 3.05) is 18.5 Å². The van der Waals surface area contributed by atoms with Gasteiger partial charge in [0, 0.05) is 38.3 Å². The Morgan fingerprint density at radius 2 is 1.84 bits per heavy atom. The Morgan fingerprint density at radius 1 is 1.08 bits per heavy atom. The molecule has 0 bridgehead atoms. The molecule has 37 heavy (non-hydrogen) atoms. The molecule has 1 saturated carbocycles. The molecule has 1 aromatic heterocycles. The van der Waals surface area contributed by atoms with E-state index in [0.29, 0.717) is 12.2 Å². The van der Waals surface area contributed by atoms with Crippen LogP contribution in [0.1, 0.15) is 60.7 Å². The van der Waals surface area contributed by atoms with E-state index in [9.17, 15) is 14.9 Å². The van der Waals surface area contributed by atoms with Crippen LogP contribution in [0, 0.1) is 10.1 Å². The van der Waals surface area contributed by atoms with Crippen LogP contribution in [0.3, 0.4) is 0 Å². The Hall–Kier alpha value is -3.23. The maximum absolute atomic E-state index is 13.5. The van der Waals surface area contributed by atoms with E-state index in [1.807, 2.05) is 70.8 Å². The summed E-state index contributed by atoms with van der Waals surface area (Å²) in [4.78, 5) is 29.8. The van der Waals surface area contributed by atoms with Gasteiger partial charge in [-0.05, 0) is 72.4 Å². The fourth-order valence-electron chi connectivity index (χ4n) is 5.06. The monoisotopic (exact) mass is 520 g/mol. The van der Waals surface area contributed by atoms with Crippen LogP contribution in [-0.4, -0.2) is 41.4 Å². The molecule has 0 unspecified atom stereocenters. The molecule has 0 radical (unpaired) electrons. The van der Waals surface area contributed by atoms with Crippen molar-refractivity contribution in [3.63, 3.8) is 0 Å². The standard InChI is InChI=1S/C29H36N4O3S/c1-3-4-16-31(2)26-15-10-23(19-27(26)33(35)36)22-8-5-7-21(18-22)20-32(25-13-11-24(30)12-14-25)29(34)28-9-6-17-37-28/h5-10,15,17-19,24-25H,3-4,11-14,16,20,30H2,1-2H3. The van der Waals surface area contributed by atoms with E-state index in [0.717, 1.165) is 66.6 Å². The third-order valence-corrected chi connectivity index (χ3v) is 8.08. The molecule has 2 aromatic carbocycles. The molecule has 3 aromatic rings. The second-order valence-electron chi connectivity index (χ2n) is 9.92. The summed E-state index contributed by atoms with van der Waals surface area (Å²) in [6.07, 6.45) is 5.64. The van der Waals surface area contributed by atoms with Crippen molar-refractivity contribution in [2.45, 2.75) is 64.1 Å². The van der Waals surface area contributed by atoms with E-state index in [1.54, 1.807) is 6.07 Å². The van der Waals surface area contributed by atoms with Gasteiger partial charge in [-0.1, -0.05) is 43.7 Å². The second-order valence-corrected chi connectivity index (χ2v) is 10.9. The van der Waals surface area contributed by atoms with E-state index in [1.165, 1.54) is 11.3 Å². The maximum Gasteiger partial charge on any atom is 0.293 e. The molecular weight excluding hydrogens is 484 g/mol. The van der Waals surface area contributed by atoms with Gasteiger partial charge in [0.1, 0.15) is 5.69 Å². The van der Waals surface area contributed by atoms with Crippen molar-refractivity contribution in [1.29, 1.82) is 0 Å². The zero-order valence-electron chi connectivity index (χ0n) is 21.6. The van der Waals surface area contributed by atoms with Gasteiger partial charge in [-0.25, -0.2) is 0 Å². The quantitative estimate of drug-likeness (QED) is 0.244. The van der Waals surface area contributed by atoms with Crippen LogP contribution in [0.4, 0.5) is 11.4 Å². The predicted molar refractivity (Wildman–Crippen MR) is 151 cm³/mol. The molecule has 1 aliphatic rings. The van der Waals surface area contributed by atoms with Crippen LogP contribution >= 0.6 is 11.3 Å². The lowest BCUT2D eigenvalue weighted by Crippen LogP contribution is -2.43. The van der Waals surface area contributed by atoms with E-state index in [2.05, 4.69) is 6.92 Å². The third kappa shape index (κ3) is 6.56. The molecule has 7 nitrogen and oxygen atoms in total. The number of thiophene rings is 1. The molecule has 0 saturated heterocycles. The third-order valence-electron chi connectivity index (χ3n) is 7.22. The fraction of sp³-hybridized carbons (Fsp3) is 0.414. The number of hydrogen-bond acceptors (Lipinski definition) is 6. The Labute approximate surface area is 223 Å². The number of unbranched alkanes of at least 4 members (excludes halogenated alkanes) is 1. The Morgan fingerprint density at radius 3 is 2.51 bits per heavy atom. The molecule has 1 heterocycles. The zero-order chi connectivity index (χ0) is 26.4. The summed E-state index contributed by atoms with van der Waals surface area (Å²) in [6, 6.07) is 17.6. The summed E-state index contributed by atoms with van der Waals surface area (Å²) in [7, 11) is 1.90. The van der Waals surface area contributed by atoms with E-state index < -0.39 is 0 Å². The number of nitrogens with two attached hydrogens (primary N) is 1. The van der Waals surface area contributed by atoms with Gasteiger partial charge in [0.2, 0.25) is 0 Å². The van der Waals surface area contributed by atoms with Crippen molar-refractivity contribution in [1.82, 2.24) is 4.90 Å². The Balaban J connectivity index is 1.61. The van der Waals surface area contributed by atoms with Gasteiger partial charge in [-0.15, -0.1) is 11.3 Å². The molecule has 4 rings (SSSR count). The van der Waals surface area contributed by atoms with Crippen molar-refractivity contribution >= 4 is 28.6 Å². The van der Waals surface area contributed by atoms with Crippen molar-refractivity contribution in [3.05, 3.63) is 80.5 Å². The molecule has 0 spiro atoms. The number of nitro groups is 1. The van der Waals surface area contributed by atoms with Gasteiger partial charge in [0.25, 0.3) is 11.6 Å². The number of anilines is 1. The smallest absolute Gasteiger partial charge is 0.293 e. The van der Waals surface area contributed by atoms with Crippen LogP contribution < -0.4 is 10.6 Å². The number of nitrogens with zero attached hydrogens (tertiary/aromatic N) is 3. The second kappa shape index (κ2) is 12.3. The minimum absolute atomic E-state index is 0.0518. The number of rotatable bonds is 10. The van der Waals surface area contributed by atoms with Gasteiger partial charge in [0.15, 0.2) is 0 Å². The van der Waals surface area contributed by atoms with E-state index in [-0.39, 0.29) is 28.6 Å². The first-order chi connectivity index (χ1) is 17.9. The SMILES string of the molecule is CCCCN(C)c1ccc(-c2cccc(CN(C(=O)c3cccs3)C3CCC(N)CC3)c2)cc1[N+](=O)[O-]. The van der Waals surface area contributed by atoms with Crippen LogP contribution in [0.5, 0.6) is 0 Å². The average Bonchev–Trinajstić information content (AvgIpc) is 3.45. The number of nitro benzene ring substituents is 1. The van der Waals surface area contributed by atoms with Crippen LogP contribution in [0.25, 0.3) is 11.1 Å². The summed E-state index contributed by atoms with van der Waals surface area (Å²) in [5.41, 5.74) is 9.57. The molecule has 2 N–H and O–H groups in total. The number of carbonyl (C=O) groups excluding carboxylic acids is 1. The van der Waals surface area contributed by atoms with E-state index >= 15 is 0 Å². The molecule has 1 aliphatic carbocycles. The fourth-order valence-corrected chi connectivity index (χ4v) is 5.73. The largest absolute Gasteiger partial charge is 0.369 e. The molecule has 196 valence electrons. The van der Waals surface area contributed by atoms with Gasteiger partial charge >= 0.3 is 0 Å². The molecule has 1 fully saturated rings. The van der Waals surface area contributed by atoms with Crippen molar-refractivity contribution in [3.8, 4) is 11.1 Å². The van der Waals surface area contributed by atoms with Crippen molar-refractivity contribution in [2.24, 2.45) is 5.73 Å². The minimum Gasteiger partial charge on any atom is -0.369 e. The first-order valence-electron chi connectivity index (χ1n) is 13.1. The Bertz CT molecular complexity index is 1210. The summed E-state index contributed by atoms with van der Waals surface area (Å²) >= 11 is 1.46. The van der Waals surface area contributed by atoms with Gasteiger partial charge < -0.3 is 15.5 Å². The van der Waals surface area contributed by atoms with E-state index in [4.69, 9.17) is 5.73 Å². The number of amides is 1. The first kappa shape index (κ1) is 26.8. The lowest BCUT2D eigenvalue weighted by atomic mass is 9.90. The summed E-state index contributed by atoms with van der Waals surface area (Å²) in [5.74, 6) is 0.0518. The average molecular weight is 521 g/mol. The van der Waals surface area contributed by atoms with Crippen LogP contribution in [0.15, 0.2) is 60.0 Å². The molecular formula is C29H36N4O3S. The zero-order valence-corrected chi connectivity index (χ0v) is 22.5. The molecule has 0 atom stereocenters. The molecule has 8 heteroatoms. The summed E-state index contributed by atoms with van der Waals surface area (Å²) < 4.78 is 0. The number of hydrogen-bond donors (Lipinski definition) is 1. The highest BCUT2D eigenvalue weighted by molar-refractivity contribution is 7.12.